The van der Waals surface area contributed by atoms with Crippen molar-refractivity contribution in [3.05, 3.63) is 0 Å². The van der Waals surface area contributed by atoms with Gasteiger partial charge in [0.25, 0.3) is 0 Å². The number of amides is 1. The number of primary amides is 1. The van der Waals surface area contributed by atoms with Crippen LogP contribution in [-0.4, -0.2) is 29.6 Å². The van der Waals surface area contributed by atoms with Crippen molar-refractivity contribution < 1.29 is 14.7 Å². The summed E-state index contributed by atoms with van der Waals surface area (Å²) in [4.78, 5) is 20.7. The van der Waals surface area contributed by atoms with E-state index in [9.17, 15) is 9.59 Å². The highest BCUT2D eigenvalue weighted by Gasteiger charge is 2.04. The molecule has 0 aromatic carbocycles. The molecule has 0 rings (SSSR count). The van der Waals surface area contributed by atoms with E-state index in [0.717, 1.165) is 19.4 Å². The van der Waals surface area contributed by atoms with Crippen LogP contribution in [-0.2, 0) is 9.59 Å². The summed E-state index contributed by atoms with van der Waals surface area (Å²) in [5.41, 5.74) is 4.99. The van der Waals surface area contributed by atoms with Gasteiger partial charge in [-0.15, -0.1) is 0 Å². The van der Waals surface area contributed by atoms with Crippen LogP contribution in [0.1, 0.15) is 39.0 Å². The smallest absolute Gasteiger partial charge is 0.303 e. The number of nitrogens with two attached hydrogens (primary N) is 1. The van der Waals surface area contributed by atoms with Crippen molar-refractivity contribution in [2.24, 2.45) is 5.73 Å². The fourth-order valence-electron chi connectivity index (χ4n) is 1.21. The van der Waals surface area contributed by atoms with Gasteiger partial charge >= 0.3 is 5.97 Å². The van der Waals surface area contributed by atoms with Crippen LogP contribution in [0.5, 0.6) is 0 Å². The van der Waals surface area contributed by atoms with E-state index in [-0.39, 0.29) is 18.4 Å². The summed E-state index contributed by atoms with van der Waals surface area (Å²) in [6, 6.07) is 0.203. The van der Waals surface area contributed by atoms with Crippen LogP contribution in [0, 0.1) is 0 Å². The SMILES string of the molecule is CC(CCC(=O)O)NCCCCC(N)=O. The van der Waals surface area contributed by atoms with E-state index in [1.54, 1.807) is 0 Å². The fraction of sp³-hybridized carbons (Fsp3) is 0.800. The normalized spacial score (nSPS) is 12.3. The lowest BCUT2D eigenvalue weighted by molar-refractivity contribution is -0.137. The molecule has 1 amide bonds. The second kappa shape index (κ2) is 8.23. The third kappa shape index (κ3) is 10.8. The van der Waals surface area contributed by atoms with Crippen molar-refractivity contribution in [3.8, 4) is 0 Å². The Labute approximate surface area is 90.0 Å². The Morgan fingerprint density at radius 2 is 2.00 bits per heavy atom. The molecule has 5 nitrogen and oxygen atoms in total. The summed E-state index contributed by atoms with van der Waals surface area (Å²) >= 11 is 0. The number of carboxylic acids is 1. The largest absolute Gasteiger partial charge is 0.481 e. The zero-order valence-corrected chi connectivity index (χ0v) is 9.16. The number of unbranched alkanes of at least 4 members (excludes halogenated alkanes) is 1. The zero-order valence-electron chi connectivity index (χ0n) is 9.16. The van der Waals surface area contributed by atoms with Crippen molar-refractivity contribution in [1.29, 1.82) is 0 Å². The van der Waals surface area contributed by atoms with Gasteiger partial charge in [-0.1, -0.05) is 0 Å². The van der Waals surface area contributed by atoms with Gasteiger partial charge in [0.05, 0.1) is 0 Å². The minimum Gasteiger partial charge on any atom is -0.481 e. The Bertz CT molecular complexity index is 207. The van der Waals surface area contributed by atoms with Crippen LogP contribution in [0.2, 0.25) is 0 Å². The monoisotopic (exact) mass is 216 g/mol. The minimum absolute atomic E-state index is 0.190. The predicted molar refractivity (Wildman–Crippen MR) is 57.4 cm³/mol. The maximum absolute atomic E-state index is 10.4. The standard InChI is InChI=1S/C10H20N2O3/c1-8(5-6-10(14)15)12-7-3-2-4-9(11)13/h8,12H,2-7H2,1H3,(H2,11,13)(H,14,15). The van der Waals surface area contributed by atoms with Gasteiger partial charge in [-0.25, -0.2) is 0 Å². The van der Waals surface area contributed by atoms with E-state index in [0.29, 0.717) is 12.8 Å². The van der Waals surface area contributed by atoms with Gasteiger partial charge in [-0.2, -0.15) is 0 Å². The molecule has 0 saturated carbocycles. The molecule has 0 heterocycles. The molecule has 0 bridgehead atoms. The average molecular weight is 216 g/mol. The number of hydrogen-bond donors (Lipinski definition) is 3. The zero-order chi connectivity index (χ0) is 11.7. The van der Waals surface area contributed by atoms with Crippen molar-refractivity contribution >= 4 is 11.9 Å². The summed E-state index contributed by atoms with van der Waals surface area (Å²) in [6.07, 6.45) is 2.92. The van der Waals surface area contributed by atoms with Gasteiger partial charge in [-0.05, 0) is 32.7 Å². The van der Waals surface area contributed by atoms with Gasteiger partial charge in [0.2, 0.25) is 5.91 Å². The second-order valence-corrected chi connectivity index (χ2v) is 3.71. The third-order valence-corrected chi connectivity index (χ3v) is 2.13. The highest BCUT2D eigenvalue weighted by atomic mass is 16.4. The van der Waals surface area contributed by atoms with Crippen LogP contribution in [0.4, 0.5) is 0 Å². The summed E-state index contributed by atoms with van der Waals surface area (Å²) in [5, 5.41) is 11.7. The Hall–Kier alpha value is -1.10. The van der Waals surface area contributed by atoms with Gasteiger partial charge in [-0.3, -0.25) is 9.59 Å². The number of carboxylic acid groups (broad SMARTS) is 1. The molecule has 0 saturated heterocycles. The van der Waals surface area contributed by atoms with Crippen molar-refractivity contribution in [1.82, 2.24) is 5.32 Å². The van der Waals surface area contributed by atoms with Crippen LogP contribution < -0.4 is 11.1 Å². The van der Waals surface area contributed by atoms with Crippen LogP contribution in [0.15, 0.2) is 0 Å². The van der Waals surface area contributed by atoms with E-state index >= 15 is 0 Å². The van der Waals surface area contributed by atoms with Crippen molar-refractivity contribution in [3.63, 3.8) is 0 Å². The third-order valence-electron chi connectivity index (χ3n) is 2.13. The second-order valence-electron chi connectivity index (χ2n) is 3.71. The summed E-state index contributed by atoms with van der Waals surface area (Å²) in [6.45, 7) is 2.76. The molecule has 15 heavy (non-hydrogen) atoms. The first kappa shape index (κ1) is 13.9. The minimum atomic E-state index is -0.766. The Kier molecular flexibility index (Phi) is 7.62. The molecular formula is C10H20N2O3. The van der Waals surface area contributed by atoms with Gasteiger partial charge in [0.1, 0.15) is 0 Å². The van der Waals surface area contributed by atoms with E-state index in [1.165, 1.54) is 0 Å². The fourth-order valence-corrected chi connectivity index (χ4v) is 1.21. The summed E-state index contributed by atoms with van der Waals surface area (Å²) < 4.78 is 0. The van der Waals surface area contributed by atoms with E-state index < -0.39 is 5.97 Å². The molecular weight excluding hydrogens is 196 g/mol. The van der Waals surface area contributed by atoms with Crippen LogP contribution in [0.3, 0.4) is 0 Å². The first-order chi connectivity index (χ1) is 7.02. The first-order valence-electron chi connectivity index (χ1n) is 5.26. The average Bonchev–Trinajstić information content (AvgIpc) is 2.13. The van der Waals surface area contributed by atoms with Gasteiger partial charge in [0, 0.05) is 18.9 Å². The maximum atomic E-state index is 10.4. The highest BCUT2D eigenvalue weighted by Crippen LogP contribution is 1.98. The first-order valence-corrected chi connectivity index (χ1v) is 5.26. The lowest BCUT2D eigenvalue weighted by Gasteiger charge is -2.11. The Morgan fingerprint density at radius 3 is 2.53 bits per heavy atom. The molecule has 1 unspecified atom stereocenters. The number of aliphatic carboxylic acids is 1. The van der Waals surface area contributed by atoms with Crippen molar-refractivity contribution in [2.75, 3.05) is 6.54 Å². The summed E-state index contributed by atoms with van der Waals surface area (Å²) in [5.74, 6) is -1.04. The molecule has 0 aliphatic rings. The van der Waals surface area contributed by atoms with Gasteiger partial charge in [0.15, 0.2) is 0 Å². The molecule has 0 radical (unpaired) electrons. The molecule has 0 spiro atoms. The number of nitrogens with one attached hydrogen (secondary N) is 1. The lowest BCUT2D eigenvalue weighted by atomic mass is 10.1. The number of carbonyl (C=O) groups excluding carboxylic acids is 1. The van der Waals surface area contributed by atoms with E-state index in [2.05, 4.69) is 5.32 Å². The highest BCUT2D eigenvalue weighted by molar-refractivity contribution is 5.73. The predicted octanol–water partition coefficient (Wildman–Crippen LogP) is 0.485. The number of hydrogen-bond acceptors (Lipinski definition) is 3. The summed E-state index contributed by atoms with van der Waals surface area (Å²) in [7, 11) is 0. The lowest BCUT2D eigenvalue weighted by Crippen LogP contribution is -2.27. The number of rotatable bonds is 9. The topological polar surface area (TPSA) is 92.4 Å². The van der Waals surface area contributed by atoms with E-state index in [1.807, 2.05) is 6.92 Å². The Balaban J connectivity index is 3.27. The molecule has 0 aliphatic carbocycles. The molecule has 0 aliphatic heterocycles. The van der Waals surface area contributed by atoms with Gasteiger partial charge < -0.3 is 16.2 Å². The van der Waals surface area contributed by atoms with Crippen LogP contribution in [0.25, 0.3) is 0 Å². The van der Waals surface area contributed by atoms with Crippen LogP contribution >= 0.6 is 0 Å². The quantitative estimate of drug-likeness (QED) is 0.489. The van der Waals surface area contributed by atoms with E-state index in [4.69, 9.17) is 10.8 Å². The Morgan fingerprint density at radius 1 is 1.33 bits per heavy atom. The number of carbonyl (C=O) groups is 2. The maximum Gasteiger partial charge on any atom is 0.303 e. The molecule has 0 aromatic rings. The van der Waals surface area contributed by atoms with Crippen molar-refractivity contribution in [2.45, 2.75) is 45.1 Å². The molecule has 0 aromatic heterocycles. The molecule has 5 heteroatoms. The molecule has 4 N–H and O–H groups in total. The molecule has 88 valence electrons. The molecule has 1 atom stereocenters. The molecule has 0 fully saturated rings.